The third-order valence-corrected chi connectivity index (χ3v) is 5.09. The lowest BCUT2D eigenvalue weighted by Gasteiger charge is -2.21. The number of para-hydroxylation sites is 1. The van der Waals surface area contributed by atoms with Gasteiger partial charge in [0.1, 0.15) is 5.75 Å². The van der Waals surface area contributed by atoms with Crippen LogP contribution in [-0.2, 0) is 6.54 Å². The summed E-state index contributed by atoms with van der Waals surface area (Å²) in [6, 6.07) is 27.9. The average molecular weight is 384 g/mol. The highest BCUT2D eigenvalue weighted by molar-refractivity contribution is 5.95. The maximum absolute atomic E-state index is 13.2. The summed E-state index contributed by atoms with van der Waals surface area (Å²) < 4.78 is 5.22. The second-order valence-electron chi connectivity index (χ2n) is 7.05. The van der Waals surface area contributed by atoms with Gasteiger partial charge in [0, 0.05) is 18.8 Å². The van der Waals surface area contributed by atoms with Crippen LogP contribution in [-0.4, -0.2) is 30.6 Å². The zero-order chi connectivity index (χ0) is 20.1. The van der Waals surface area contributed by atoms with Crippen molar-refractivity contribution in [3.8, 4) is 5.75 Å². The van der Waals surface area contributed by atoms with Gasteiger partial charge < -0.3 is 9.64 Å². The Bertz CT molecular complexity index is 969. The van der Waals surface area contributed by atoms with Gasteiger partial charge in [-0.25, -0.2) is 4.79 Å². The smallest absolute Gasteiger partial charge is 0.325 e. The second kappa shape index (κ2) is 8.65. The van der Waals surface area contributed by atoms with Gasteiger partial charge >= 0.3 is 6.03 Å². The summed E-state index contributed by atoms with van der Waals surface area (Å²) in [7, 11) is 1.66. The van der Waals surface area contributed by atoms with E-state index in [-0.39, 0.29) is 12.1 Å². The number of rotatable bonds is 6. The van der Waals surface area contributed by atoms with Crippen LogP contribution in [0, 0.1) is 0 Å². The number of hydrogen-bond acceptors (Lipinski definition) is 2. The summed E-state index contributed by atoms with van der Waals surface area (Å²) in [6.07, 6.45) is 4.18. The maximum Gasteiger partial charge on any atom is 0.325 e. The lowest BCUT2D eigenvalue weighted by Crippen LogP contribution is -2.34. The van der Waals surface area contributed by atoms with Crippen LogP contribution in [0.1, 0.15) is 11.1 Å². The largest absolute Gasteiger partial charge is 0.497 e. The Labute approximate surface area is 171 Å². The zero-order valence-electron chi connectivity index (χ0n) is 16.4. The van der Waals surface area contributed by atoms with Crippen molar-refractivity contribution in [2.45, 2.75) is 12.6 Å². The molecule has 146 valence electrons. The van der Waals surface area contributed by atoms with Crippen molar-refractivity contribution >= 4 is 17.8 Å². The van der Waals surface area contributed by atoms with E-state index in [0.29, 0.717) is 13.1 Å². The number of anilines is 1. The molecule has 4 heteroatoms. The molecule has 4 rings (SSSR count). The summed E-state index contributed by atoms with van der Waals surface area (Å²) >= 11 is 0. The van der Waals surface area contributed by atoms with Crippen molar-refractivity contribution in [3.63, 3.8) is 0 Å². The summed E-state index contributed by atoms with van der Waals surface area (Å²) in [5.41, 5.74) is 3.12. The van der Waals surface area contributed by atoms with E-state index in [1.54, 1.807) is 7.11 Å². The molecule has 1 aliphatic rings. The standard InChI is InChI=1S/C25H24N2O2/c1-29-24-16-13-20(14-17-24)12-15-23-19-26(18-21-8-4-2-5-9-21)25(28)27(23)22-10-6-3-7-11-22/h2-17,23H,18-19H2,1H3/b15-12+. The first-order chi connectivity index (χ1) is 14.2. The van der Waals surface area contributed by atoms with Crippen molar-refractivity contribution < 1.29 is 9.53 Å². The highest BCUT2D eigenvalue weighted by atomic mass is 16.5. The molecular formula is C25H24N2O2. The Hall–Kier alpha value is -3.53. The molecule has 2 amide bonds. The van der Waals surface area contributed by atoms with Crippen LogP contribution in [0.25, 0.3) is 6.08 Å². The molecule has 0 N–H and O–H groups in total. The minimum absolute atomic E-state index is 0.0317. The Balaban J connectivity index is 1.58. The van der Waals surface area contributed by atoms with Crippen LogP contribution in [0.3, 0.4) is 0 Å². The first kappa shape index (κ1) is 18.8. The van der Waals surface area contributed by atoms with E-state index < -0.39 is 0 Å². The number of amides is 2. The van der Waals surface area contributed by atoms with Gasteiger partial charge in [0.25, 0.3) is 0 Å². The van der Waals surface area contributed by atoms with Crippen LogP contribution >= 0.6 is 0 Å². The first-order valence-electron chi connectivity index (χ1n) is 9.74. The van der Waals surface area contributed by atoms with Gasteiger partial charge in [-0.05, 0) is 35.4 Å². The average Bonchev–Trinajstić information content (AvgIpc) is 3.09. The third-order valence-electron chi connectivity index (χ3n) is 5.09. The monoisotopic (exact) mass is 384 g/mol. The number of hydrogen-bond donors (Lipinski definition) is 0. The van der Waals surface area contributed by atoms with Crippen LogP contribution in [0.2, 0.25) is 0 Å². The first-order valence-corrected chi connectivity index (χ1v) is 9.74. The lowest BCUT2D eigenvalue weighted by molar-refractivity contribution is 0.218. The van der Waals surface area contributed by atoms with Gasteiger partial charge in [0.05, 0.1) is 13.2 Å². The van der Waals surface area contributed by atoms with E-state index in [1.165, 1.54) is 0 Å². The molecule has 1 fully saturated rings. The van der Waals surface area contributed by atoms with E-state index >= 15 is 0 Å². The summed E-state index contributed by atoms with van der Waals surface area (Å²) in [4.78, 5) is 17.0. The van der Waals surface area contributed by atoms with E-state index in [4.69, 9.17) is 4.74 Å². The van der Waals surface area contributed by atoms with Gasteiger partial charge in [-0.15, -0.1) is 0 Å². The number of carbonyl (C=O) groups excluding carboxylic acids is 1. The maximum atomic E-state index is 13.2. The Morgan fingerprint density at radius 1 is 0.931 bits per heavy atom. The number of methoxy groups -OCH3 is 1. The van der Waals surface area contributed by atoms with E-state index in [1.807, 2.05) is 82.6 Å². The second-order valence-corrected chi connectivity index (χ2v) is 7.05. The number of nitrogens with zero attached hydrogens (tertiary/aromatic N) is 2. The van der Waals surface area contributed by atoms with Crippen molar-refractivity contribution in [2.24, 2.45) is 0 Å². The van der Waals surface area contributed by atoms with Gasteiger partial charge in [-0.1, -0.05) is 72.8 Å². The van der Waals surface area contributed by atoms with E-state index in [0.717, 1.165) is 22.6 Å². The molecule has 0 spiro atoms. The minimum atomic E-state index is -0.0317. The molecular weight excluding hydrogens is 360 g/mol. The Morgan fingerprint density at radius 3 is 2.24 bits per heavy atom. The van der Waals surface area contributed by atoms with E-state index in [2.05, 4.69) is 24.3 Å². The molecule has 3 aromatic rings. The summed E-state index contributed by atoms with van der Waals surface area (Å²) in [6.45, 7) is 1.26. The Kier molecular flexibility index (Phi) is 5.61. The molecule has 0 aliphatic carbocycles. The highest BCUT2D eigenvalue weighted by Gasteiger charge is 2.36. The minimum Gasteiger partial charge on any atom is -0.497 e. The molecule has 0 aromatic heterocycles. The van der Waals surface area contributed by atoms with E-state index in [9.17, 15) is 4.79 Å². The number of carbonyl (C=O) groups is 1. The normalized spacial score (nSPS) is 16.6. The zero-order valence-corrected chi connectivity index (χ0v) is 16.4. The summed E-state index contributed by atoms with van der Waals surface area (Å²) in [5, 5.41) is 0. The van der Waals surface area contributed by atoms with Crippen molar-refractivity contribution in [1.82, 2.24) is 4.90 Å². The predicted molar refractivity (Wildman–Crippen MR) is 117 cm³/mol. The molecule has 0 bridgehead atoms. The molecule has 1 atom stereocenters. The van der Waals surface area contributed by atoms with Crippen LogP contribution < -0.4 is 9.64 Å². The highest BCUT2D eigenvalue weighted by Crippen LogP contribution is 2.27. The lowest BCUT2D eigenvalue weighted by atomic mass is 10.1. The topological polar surface area (TPSA) is 32.8 Å². The fraction of sp³-hybridized carbons (Fsp3) is 0.160. The quantitative estimate of drug-likeness (QED) is 0.584. The molecule has 1 heterocycles. The molecule has 29 heavy (non-hydrogen) atoms. The fourth-order valence-corrected chi connectivity index (χ4v) is 3.59. The number of urea groups is 1. The SMILES string of the molecule is COc1ccc(/C=C/C2CN(Cc3ccccc3)C(=O)N2c2ccccc2)cc1. The van der Waals surface area contributed by atoms with Crippen molar-refractivity contribution in [3.05, 3.63) is 102 Å². The van der Waals surface area contributed by atoms with Crippen molar-refractivity contribution in [1.29, 1.82) is 0 Å². The number of ether oxygens (including phenoxy) is 1. The molecule has 0 radical (unpaired) electrons. The van der Waals surface area contributed by atoms with Gasteiger partial charge in [0.2, 0.25) is 0 Å². The molecule has 1 unspecified atom stereocenters. The molecule has 1 aliphatic heterocycles. The predicted octanol–water partition coefficient (Wildman–Crippen LogP) is 5.22. The van der Waals surface area contributed by atoms with Gasteiger partial charge in [0.15, 0.2) is 0 Å². The summed E-state index contributed by atoms with van der Waals surface area (Å²) in [5.74, 6) is 0.832. The van der Waals surface area contributed by atoms with Crippen LogP contribution in [0.15, 0.2) is 91.0 Å². The van der Waals surface area contributed by atoms with Gasteiger partial charge in [-0.3, -0.25) is 4.90 Å². The third kappa shape index (κ3) is 4.32. The fourth-order valence-electron chi connectivity index (χ4n) is 3.59. The van der Waals surface area contributed by atoms with Crippen LogP contribution in [0.4, 0.5) is 10.5 Å². The van der Waals surface area contributed by atoms with Gasteiger partial charge in [-0.2, -0.15) is 0 Å². The molecule has 3 aromatic carbocycles. The van der Waals surface area contributed by atoms with Crippen LogP contribution in [0.5, 0.6) is 5.75 Å². The number of benzene rings is 3. The van der Waals surface area contributed by atoms with Crippen molar-refractivity contribution in [2.75, 3.05) is 18.6 Å². The Morgan fingerprint density at radius 2 is 1.59 bits per heavy atom. The molecule has 0 saturated carbocycles. The molecule has 4 nitrogen and oxygen atoms in total. The molecule has 1 saturated heterocycles.